The SMILES string of the molecule is Cc1cccc(C(Cl)=NCCCl)c1. The number of benzene rings is 1. The van der Waals surface area contributed by atoms with Crippen LogP contribution in [-0.4, -0.2) is 17.6 Å². The summed E-state index contributed by atoms with van der Waals surface area (Å²) in [5.74, 6) is 0.502. The van der Waals surface area contributed by atoms with E-state index >= 15 is 0 Å². The summed E-state index contributed by atoms with van der Waals surface area (Å²) >= 11 is 11.4. The first-order chi connectivity index (χ1) is 6.24. The second-order valence-electron chi connectivity index (χ2n) is 2.73. The van der Waals surface area contributed by atoms with Gasteiger partial charge in [0.1, 0.15) is 5.17 Å². The molecule has 0 spiro atoms. The Morgan fingerprint density at radius 3 is 2.85 bits per heavy atom. The molecule has 0 atom stereocenters. The van der Waals surface area contributed by atoms with Gasteiger partial charge in [-0.25, -0.2) is 0 Å². The van der Waals surface area contributed by atoms with Crippen molar-refractivity contribution < 1.29 is 0 Å². The third kappa shape index (κ3) is 3.37. The molecule has 0 unspecified atom stereocenters. The zero-order valence-corrected chi connectivity index (χ0v) is 8.94. The molecular formula is C10H11Cl2N. The summed E-state index contributed by atoms with van der Waals surface area (Å²) in [6.07, 6.45) is 0. The van der Waals surface area contributed by atoms with Gasteiger partial charge in [0.25, 0.3) is 0 Å². The fraction of sp³-hybridized carbons (Fsp3) is 0.300. The van der Waals surface area contributed by atoms with Gasteiger partial charge in [-0.1, -0.05) is 35.4 Å². The van der Waals surface area contributed by atoms with Gasteiger partial charge in [0.05, 0.1) is 6.54 Å². The minimum absolute atomic E-state index is 0.502. The first-order valence-corrected chi connectivity index (χ1v) is 4.98. The van der Waals surface area contributed by atoms with E-state index in [2.05, 4.69) is 4.99 Å². The maximum absolute atomic E-state index is 5.95. The van der Waals surface area contributed by atoms with E-state index in [4.69, 9.17) is 23.2 Å². The summed E-state index contributed by atoms with van der Waals surface area (Å²) in [6.45, 7) is 2.59. The van der Waals surface area contributed by atoms with E-state index in [0.717, 1.165) is 5.56 Å². The Morgan fingerprint density at radius 2 is 2.23 bits per heavy atom. The van der Waals surface area contributed by atoms with E-state index < -0.39 is 0 Å². The van der Waals surface area contributed by atoms with Crippen molar-refractivity contribution in [3.05, 3.63) is 35.4 Å². The highest BCUT2D eigenvalue weighted by atomic mass is 35.5. The highest BCUT2D eigenvalue weighted by Gasteiger charge is 1.98. The molecule has 0 saturated carbocycles. The van der Waals surface area contributed by atoms with Gasteiger partial charge in [-0.3, -0.25) is 4.99 Å². The van der Waals surface area contributed by atoms with E-state index in [1.807, 2.05) is 31.2 Å². The van der Waals surface area contributed by atoms with Crippen molar-refractivity contribution in [3.8, 4) is 0 Å². The molecule has 0 fully saturated rings. The molecule has 0 aliphatic heterocycles. The molecule has 3 heteroatoms. The normalized spacial score (nSPS) is 11.8. The molecule has 1 rings (SSSR count). The lowest BCUT2D eigenvalue weighted by Gasteiger charge is -1.99. The predicted molar refractivity (Wildman–Crippen MR) is 59.2 cm³/mol. The van der Waals surface area contributed by atoms with Gasteiger partial charge in [-0.15, -0.1) is 11.6 Å². The van der Waals surface area contributed by atoms with Crippen molar-refractivity contribution in [3.63, 3.8) is 0 Å². The van der Waals surface area contributed by atoms with Crippen molar-refractivity contribution in [2.75, 3.05) is 12.4 Å². The van der Waals surface area contributed by atoms with Gasteiger partial charge in [0.15, 0.2) is 0 Å². The summed E-state index contributed by atoms with van der Waals surface area (Å²) in [5.41, 5.74) is 2.13. The van der Waals surface area contributed by atoms with Gasteiger partial charge in [-0.2, -0.15) is 0 Å². The molecule has 0 bridgehead atoms. The molecule has 1 aromatic carbocycles. The lowest BCUT2D eigenvalue weighted by molar-refractivity contribution is 1.14. The molecule has 1 nitrogen and oxygen atoms in total. The second-order valence-corrected chi connectivity index (χ2v) is 3.47. The van der Waals surface area contributed by atoms with E-state index in [1.165, 1.54) is 5.56 Å². The summed E-state index contributed by atoms with van der Waals surface area (Å²) in [5, 5.41) is 0.532. The molecular weight excluding hydrogens is 205 g/mol. The molecule has 0 saturated heterocycles. The molecule has 0 heterocycles. The van der Waals surface area contributed by atoms with Crippen LogP contribution in [0.2, 0.25) is 0 Å². The molecule has 13 heavy (non-hydrogen) atoms. The molecule has 0 N–H and O–H groups in total. The Morgan fingerprint density at radius 1 is 1.46 bits per heavy atom. The van der Waals surface area contributed by atoms with Gasteiger partial charge in [-0.05, 0) is 13.0 Å². The van der Waals surface area contributed by atoms with Crippen LogP contribution in [0.15, 0.2) is 29.3 Å². The minimum Gasteiger partial charge on any atom is -0.271 e. The minimum atomic E-state index is 0.502. The quantitative estimate of drug-likeness (QED) is 0.543. The lowest BCUT2D eigenvalue weighted by atomic mass is 10.1. The Balaban J connectivity index is 2.82. The molecule has 0 amide bonds. The number of rotatable bonds is 3. The average Bonchev–Trinajstić information content (AvgIpc) is 2.14. The predicted octanol–water partition coefficient (Wildman–Crippen LogP) is 3.22. The van der Waals surface area contributed by atoms with Crippen molar-refractivity contribution >= 4 is 28.4 Å². The Labute approximate surface area is 88.4 Å². The van der Waals surface area contributed by atoms with Crippen LogP contribution in [0, 0.1) is 6.92 Å². The van der Waals surface area contributed by atoms with Crippen molar-refractivity contribution in [2.24, 2.45) is 4.99 Å². The van der Waals surface area contributed by atoms with E-state index in [0.29, 0.717) is 17.6 Å². The third-order valence-corrected chi connectivity index (χ3v) is 2.10. The number of halogens is 2. The van der Waals surface area contributed by atoms with Crippen LogP contribution < -0.4 is 0 Å². The average molecular weight is 216 g/mol. The smallest absolute Gasteiger partial charge is 0.130 e. The maximum Gasteiger partial charge on any atom is 0.130 e. The first kappa shape index (κ1) is 10.6. The number of hydrogen-bond donors (Lipinski definition) is 0. The van der Waals surface area contributed by atoms with Crippen molar-refractivity contribution in [1.82, 2.24) is 0 Å². The van der Waals surface area contributed by atoms with Crippen LogP contribution in [0.25, 0.3) is 0 Å². The fourth-order valence-electron chi connectivity index (χ4n) is 1.01. The summed E-state index contributed by atoms with van der Waals surface area (Å²) in [6, 6.07) is 7.92. The van der Waals surface area contributed by atoms with Crippen molar-refractivity contribution in [1.29, 1.82) is 0 Å². The molecule has 0 aromatic heterocycles. The molecule has 0 aliphatic carbocycles. The van der Waals surface area contributed by atoms with E-state index in [9.17, 15) is 0 Å². The topological polar surface area (TPSA) is 12.4 Å². The summed E-state index contributed by atoms with van der Waals surface area (Å²) in [7, 11) is 0. The maximum atomic E-state index is 5.95. The van der Waals surface area contributed by atoms with Crippen molar-refractivity contribution in [2.45, 2.75) is 6.92 Å². The van der Waals surface area contributed by atoms with Crippen LogP contribution in [0.4, 0.5) is 0 Å². The Kier molecular flexibility index (Phi) is 4.26. The summed E-state index contributed by atoms with van der Waals surface area (Å²) in [4.78, 5) is 4.10. The lowest BCUT2D eigenvalue weighted by Crippen LogP contribution is -1.94. The number of hydrogen-bond acceptors (Lipinski definition) is 1. The Bertz CT molecular complexity index is 308. The standard InChI is InChI=1S/C10H11Cl2N/c1-8-3-2-4-9(7-8)10(12)13-6-5-11/h2-4,7H,5-6H2,1H3. The van der Waals surface area contributed by atoms with E-state index in [-0.39, 0.29) is 0 Å². The number of alkyl halides is 1. The molecule has 0 aliphatic rings. The molecule has 70 valence electrons. The fourth-order valence-corrected chi connectivity index (χ4v) is 1.29. The van der Waals surface area contributed by atoms with Gasteiger partial charge >= 0.3 is 0 Å². The second kappa shape index (κ2) is 5.25. The molecule has 0 radical (unpaired) electrons. The number of aryl methyl sites for hydroxylation is 1. The van der Waals surface area contributed by atoms with Gasteiger partial charge in [0.2, 0.25) is 0 Å². The van der Waals surface area contributed by atoms with Crippen LogP contribution >= 0.6 is 23.2 Å². The van der Waals surface area contributed by atoms with Crippen LogP contribution in [-0.2, 0) is 0 Å². The van der Waals surface area contributed by atoms with E-state index in [1.54, 1.807) is 0 Å². The van der Waals surface area contributed by atoms with Crippen LogP contribution in [0.5, 0.6) is 0 Å². The van der Waals surface area contributed by atoms with Gasteiger partial charge in [0, 0.05) is 11.4 Å². The third-order valence-electron chi connectivity index (χ3n) is 1.59. The highest BCUT2D eigenvalue weighted by molar-refractivity contribution is 6.69. The van der Waals surface area contributed by atoms with Crippen LogP contribution in [0.3, 0.4) is 0 Å². The number of nitrogens with zero attached hydrogens (tertiary/aromatic N) is 1. The summed E-state index contributed by atoms with van der Waals surface area (Å²) < 4.78 is 0. The molecule has 1 aromatic rings. The monoisotopic (exact) mass is 215 g/mol. The Hall–Kier alpha value is -0.530. The van der Waals surface area contributed by atoms with Gasteiger partial charge < -0.3 is 0 Å². The first-order valence-electron chi connectivity index (χ1n) is 4.07. The zero-order chi connectivity index (χ0) is 9.68. The highest BCUT2D eigenvalue weighted by Crippen LogP contribution is 2.08. The largest absolute Gasteiger partial charge is 0.271 e. The van der Waals surface area contributed by atoms with Crippen LogP contribution in [0.1, 0.15) is 11.1 Å². The zero-order valence-electron chi connectivity index (χ0n) is 7.43. The number of aliphatic imine (C=N–C) groups is 1.